The molecule has 1 unspecified atom stereocenters. The molecule has 0 spiro atoms. The van der Waals surface area contributed by atoms with Gasteiger partial charge in [-0.2, -0.15) is 4.39 Å². The number of carbonyl (C=O) groups is 1. The predicted octanol–water partition coefficient (Wildman–Crippen LogP) is 9.20. The molecule has 1 saturated carbocycles. The number of hydrogen-bond donors (Lipinski definition) is 1. The Morgan fingerprint density at radius 2 is 1.60 bits per heavy atom. The molecule has 3 aromatic carbocycles. The molecular weight excluding hydrogens is 488 g/mol. The van der Waals surface area contributed by atoms with Gasteiger partial charge in [-0.15, -0.1) is 11.3 Å². The summed E-state index contributed by atoms with van der Waals surface area (Å²) in [5, 5.41) is 2.36. The zero-order valence-electron chi connectivity index (χ0n) is 18.9. The first-order valence-electron chi connectivity index (χ1n) is 11.3. The smallest absolute Gasteiger partial charge is 0.412 e. The molecule has 1 aliphatic carbocycles. The second kappa shape index (κ2) is 9.80. The van der Waals surface area contributed by atoms with Gasteiger partial charge in [-0.25, -0.2) is 9.18 Å². The van der Waals surface area contributed by atoms with Crippen LogP contribution < -0.4 is 5.32 Å². The van der Waals surface area contributed by atoms with Crippen molar-refractivity contribution in [3.05, 3.63) is 99.9 Å². The third-order valence-electron chi connectivity index (χ3n) is 6.06. The lowest BCUT2D eigenvalue weighted by Gasteiger charge is -2.16. The van der Waals surface area contributed by atoms with E-state index in [1.165, 1.54) is 36.6 Å². The minimum absolute atomic E-state index is 0.162. The maximum atomic E-state index is 14.2. The summed E-state index contributed by atoms with van der Waals surface area (Å²) in [7, 11) is 0. The molecule has 1 aromatic heterocycles. The van der Waals surface area contributed by atoms with E-state index in [1.54, 1.807) is 6.92 Å². The summed E-state index contributed by atoms with van der Waals surface area (Å²) >= 11 is 7.00. The molecule has 3 nitrogen and oxygen atoms in total. The Labute approximate surface area is 211 Å². The maximum Gasteiger partial charge on any atom is 0.412 e. The Kier molecular flexibility index (Phi) is 6.58. The lowest BCUT2D eigenvalue weighted by atomic mass is 10.0. The quantitative estimate of drug-likeness (QED) is 0.281. The SMILES string of the molecule is CC(OC(=O)Nc1cc(F)sc1-c1ccc(-c2ccc(C3CC3)cc2)cc1)c1ccc(F)cc1Cl. The zero-order chi connectivity index (χ0) is 24.5. The maximum absolute atomic E-state index is 14.2. The summed E-state index contributed by atoms with van der Waals surface area (Å²) in [5.41, 5.74) is 5.14. The van der Waals surface area contributed by atoms with Gasteiger partial charge in [0.15, 0.2) is 5.13 Å². The molecule has 1 aliphatic rings. The molecular formula is C28H22ClF2NO2S. The van der Waals surface area contributed by atoms with E-state index in [9.17, 15) is 13.6 Å². The Hall–Kier alpha value is -3.22. The highest BCUT2D eigenvalue weighted by Crippen LogP contribution is 2.41. The van der Waals surface area contributed by atoms with Crippen LogP contribution in [0, 0.1) is 10.9 Å². The van der Waals surface area contributed by atoms with Crippen LogP contribution >= 0.6 is 22.9 Å². The van der Waals surface area contributed by atoms with Crippen LogP contribution in [0.4, 0.5) is 19.3 Å². The number of anilines is 1. The van der Waals surface area contributed by atoms with Crippen LogP contribution in [0.5, 0.6) is 0 Å². The predicted molar refractivity (Wildman–Crippen MR) is 137 cm³/mol. The first-order valence-corrected chi connectivity index (χ1v) is 12.5. The van der Waals surface area contributed by atoms with Crippen LogP contribution in [0.15, 0.2) is 72.8 Å². The van der Waals surface area contributed by atoms with Crippen molar-refractivity contribution in [2.75, 3.05) is 5.32 Å². The van der Waals surface area contributed by atoms with Gasteiger partial charge >= 0.3 is 6.09 Å². The number of nitrogens with one attached hydrogen (secondary N) is 1. The molecule has 1 amide bonds. The summed E-state index contributed by atoms with van der Waals surface area (Å²) in [6.45, 7) is 1.63. The number of ether oxygens (including phenoxy) is 1. The zero-order valence-corrected chi connectivity index (χ0v) is 20.4. The second-order valence-corrected chi connectivity index (χ2v) is 10.0. The molecule has 35 heavy (non-hydrogen) atoms. The number of thiophene rings is 1. The fourth-order valence-corrected chi connectivity index (χ4v) is 5.21. The first kappa shape index (κ1) is 23.5. The molecule has 1 atom stereocenters. The van der Waals surface area contributed by atoms with Gasteiger partial charge < -0.3 is 4.74 Å². The van der Waals surface area contributed by atoms with E-state index in [2.05, 4.69) is 29.6 Å². The van der Waals surface area contributed by atoms with Crippen molar-refractivity contribution >= 4 is 34.7 Å². The summed E-state index contributed by atoms with van der Waals surface area (Å²) in [5.74, 6) is 0.239. The summed E-state index contributed by atoms with van der Waals surface area (Å²) in [6, 6.07) is 21.6. The van der Waals surface area contributed by atoms with Crippen molar-refractivity contribution in [1.82, 2.24) is 0 Å². The lowest BCUT2D eigenvalue weighted by Crippen LogP contribution is -2.16. The van der Waals surface area contributed by atoms with Gasteiger partial charge in [0.1, 0.15) is 11.9 Å². The molecule has 1 fully saturated rings. The van der Waals surface area contributed by atoms with Crippen molar-refractivity contribution in [2.45, 2.75) is 31.8 Å². The van der Waals surface area contributed by atoms with Gasteiger partial charge in [0.05, 0.1) is 15.6 Å². The molecule has 0 aliphatic heterocycles. The molecule has 0 saturated heterocycles. The fourth-order valence-electron chi connectivity index (χ4n) is 4.04. The van der Waals surface area contributed by atoms with Gasteiger partial charge in [-0.3, -0.25) is 5.32 Å². The lowest BCUT2D eigenvalue weighted by molar-refractivity contribution is 0.121. The molecule has 4 aromatic rings. The highest BCUT2D eigenvalue weighted by Gasteiger charge is 2.23. The van der Waals surface area contributed by atoms with Gasteiger partial charge in [0.2, 0.25) is 0 Å². The van der Waals surface area contributed by atoms with Gasteiger partial charge in [-0.05, 0) is 60.1 Å². The Morgan fingerprint density at radius 3 is 2.23 bits per heavy atom. The minimum Gasteiger partial charge on any atom is -0.441 e. The number of hydrogen-bond acceptors (Lipinski definition) is 3. The van der Waals surface area contributed by atoms with Crippen LogP contribution in [-0.4, -0.2) is 6.09 Å². The highest BCUT2D eigenvalue weighted by atomic mass is 35.5. The van der Waals surface area contributed by atoms with Crippen LogP contribution in [0.1, 0.15) is 42.9 Å². The van der Waals surface area contributed by atoms with E-state index in [-0.39, 0.29) is 5.02 Å². The van der Waals surface area contributed by atoms with E-state index in [0.29, 0.717) is 22.0 Å². The minimum atomic E-state index is -0.760. The molecule has 0 radical (unpaired) electrons. The van der Waals surface area contributed by atoms with E-state index < -0.39 is 23.1 Å². The van der Waals surface area contributed by atoms with Crippen molar-refractivity contribution in [3.63, 3.8) is 0 Å². The number of carbonyl (C=O) groups excluding carboxylic acids is 1. The molecule has 1 N–H and O–H groups in total. The van der Waals surface area contributed by atoms with Crippen molar-refractivity contribution in [2.24, 2.45) is 0 Å². The monoisotopic (exact) mass is 509 g/mol. The average molecular weight is 510 g/mol. The highest BCUT2D eigenvalue weighted by molar-refractivity contribution is 7.14. The number of amides is 1. The summed E-state index contributed by atoms with van der Waals surface area (Å²) < 4.78 is 32.9. The van der Waals surface area contributed by atoms with Gasteiger partial charge in [0.25, 0.3) is 0 Å². The van der Waals surface area contributed by atoms with Crippen molar-refractivity contribution < 1.29 is 18.3 Å². The van der Waals surface area contributed by atoms with Gasteiger partial charge in [-0.1, -0.05) is 66.2 Å². The average Bonchev–Trinajstić information content (AvgIpc) is 3.62. The standard InChI is InChI=1S/C28H22ClF2NO2S/c1-16(23-13-12-22(30)14-24(23)29)34-28(33)32-25-15-26(31)35-27(25)21-10-8-20(9-11-21)19-6-4-18(5-7-19)17-2-3-17/h4-17H,2-3H2,1H3,(H,32,33). The largest absolute Gasteiger partial charge is 0.441 e. The van der Waals surface area contributed by atoms with E-state index in [0.717, 1.165) is 34.1 Å². The van der Waals surface area contributed by atoms with Crippen molar-refractivity contribution in [3.8, 4) is 21.6 Å². The van der Waals surface area contributed by atoms with Crippen LogP contribution in [0.25, 0.3) is 21.6 Å². The molecule has 178 valence electrons. The van der Waals surface area contributed by atoms with Crippen molar-refractivity contribution in [1.29, 1.82) is 0 Å². The number of rotatable bonds is 6. The van der Waals surface area contributed by atoms with Crippen LogP contribution in [-0.2, 0) is 4.74 Å². The van der Waals surface area contributed by atoms with E-state index in [1.807, 2.05) is 24.3 Å². The Balaban J connectivity index is 1.29. The summed E-state index contributed by atoms with van der Waals surface area (Å²) in [6.07, 6.45) is 1.06. The normalized spacial score (nSPS) is 13.9. The fraction of sp³-hybridized carbons (Fsp3) is 0.179. The molecule has 1 heterocycles. The Morgan fingerprint density at radius 1 is 0.971 bits per heavy atom. The van der Waals surface area contributed by atoms with Crippen LogP contribution in [0.3, 0.4) is 0 Å². The number of halogens is 3. The first-order chi connectivity index (χ1) is 16.9. The summed E-state index contributed by atoms with van der Waals surface area (Å²) in [4.78, 5) is 13.1. The third kappa shape index (κ3) is 5.39. The Bertz CT molecular complexity index is 1360. The van der Waals surface area contributed by atoms with E-state index in [4.69, 9.17) is 16.3 Å². The third-order valence-corrected chi connectivity index (χ3v) is 7.36. The molecule has 7 heteroatoms. The topological polar surface area (TPSA) is 38.3 Å². The van der Waals surface area contributed by atoms with Gasteiger partial charge in [0, 0.05) is 11.6 Å². The molecule has 5 rings (SSSR count). The van der Waals surface area contributed by atoms with E-state index >= 15 is 0 Å². The number of benzene rings is 3. The molecule has 0 bridgehead atoms. The second-order valence-electron chi connectivity index (χ2n) is 8.61. The van der Waals surface area contributed by atoms with Crippen LogP contribution in [0.2, 0.25) is 5.02 Å².